The fraction of sp³-hybridized carbons (Fsp3) is 0.400. The van der Waals surface area contributed by atoms with Crippen molar-refractivity contribution in [3.8, 4) is 11.5 Å². The molecule has 0 bridgehead atoms. The molecule has 0 spiro atoms. The molecule has 1 aromatic rings. The lowest BCUT2D eigenvalue weighted by Crippen LogP contribution is -2.26. The Morgan fingerprint density at radius 1 is 1.15 bits per heavy atom. The normalized spacial score (nSPS) is 11.3. The van der Waals surface area contributed by atoms with Crippen LogP contribution in [-0.2, 0) is 20.7 Å². The lowest BCUT2D eigenvalue weighted by atomic mass is 10.0. The van der Waals surface area contributed by atoms with Crippen LogP contribution in [0.4, 0.5) is 0 Å². The van der Waals surface area contributed by atoms with Crippen molar-refractivity contribution in [1.29, 1.82) is 0 Å². The summed E-state index contributed by atoms with van der Waals surface area (Å²) >= 11 is 0. The van der Waals surface area contributed by atoms with Gasteiger partial charge < -0.3 is 19.5 Å². The molecule has 1 rings (SSSR count). The Bertz CT molecular complexity index is 692. The molecule has 0 aliphatic rings. The van der Waals surface area contributed by atoms with Crippen LogP contribution in [0.25, 0.3) is 6.08 Å². The van der Waals surface area contributed by atoms with E-state index in [1.807, 2.05) is 13.0 Å². The van der Waals surface area contributed by atoms with Gasteiger partial charge in [0, 0.05) is 18.2 Å². The Kier molecular flexibility index (Phi) is 8.98. The molecule has 0 unspecified atom stereocenters. The van der Waals surface area contributed by atoms with E-state index < -0.39 is 5.97 Å². The Labute approximate surface area is 154 Å². The van der Waals surface area contributed by atoms with E-state index in [2.05, 4.69) is 5.32 Å². The first-order valence-corrected chi connectivity index (χ1v) is 8.47. The van der Waals surface area contributed by atoms with E-state index in [0.29, 0.717) is 36.6 Å². The zero-order valence-corrected chi connectivity index (χ0v) is 16.0. The number of carbonyl (C=O) groups is 2. The van der Waals surface area contributed by atoms with Gasteiger partial charge in [-0.3, -0.25) is 4.79 Å². The van der Waals surface area contributed by atoms with E-state index in [0.717, 1.165) is 11.1 Å². The summed E-state index contributed by atoms with van der Waals surface area (Å²) in [5.74, 6) is 0.641. The predicted octanol–water partition coefficient (Wildman–Crippen LogP) is 2.91. The number of hydrogen-bond donors (Lipinski definition) is 1. The number of ether oxygens (including phenoxy) is 3. The van der Waals surface area contributed by atoms with Crippen molar-refractivity contribution in [3.05, 3.63) is 41.0 Å². The summed E-state index contributed by atoms with van der Waals surface area (Å²) in [6.07, 6.45) is 5.38. The van der Waals surface area contributed by atoms with Gasteiger partial charge in [-0.2, -0.15) is 0 Å². The van der Waals surface area contributed by atoms with E-state index in [-0.39, 0.29) is 5.91 Å². The lowest BCUT2D eigenvalue weighted by Gasteiger charge is -2.13. The first-order valence-electron chi connectivity index (χ1n) is 8.47. The third-order valence-corrected chi connectivity index (χ3v) is 3.80. The fourth-order valence-electron chi connectivity index (χ4n) is 2.24. The van der Waals surface area contributed by atoms with Crippen molar-refractivity contribution in [2.24, 2.45) is 0 Å². The first-order chi connectivity index (χ1) is 12.5. The number of benzene rings is 1. The maximum absolute atomic E-state index is 11.9. The molecular formula is C20H27NO5. The van der Waals surface area contributed by atoms with Gasteiger partial charge >= 0.3 is 5.97 Å². The second-order valence-electron chi connectivity index (χ2n) is 5.47. The van der Waals surface area contributed by atoms with E-state index in [1.165, 1.54) is 6.08 Å². The Morgan fingerprint density at radius 3 is 2.38 bits per heavy atom. The van der Waals surface area contributed by atoms with Crippen molar-refractivity contribution in [2.45, 2.75) is 27.2 Å². The number of methoxy groups -OCH3 is 2. The number of rotatable bonds is 9. The highest BCUT2D eigenvalue weighted by Gasteiger charge is 2.11. The number of amides is 1. The molecule has 0 heterocycles. The molecule has 0 atom stereocenters. The third kappa shape index (κ3) is 6.27. The van der Waals surface area contributed by atoms with Crippen LogP contribution in [0.2, 0.25) is 0 Å². The molecule has 0 aliphatic heterocycles. The highest BCUT2D eigenvalue weighted by Crippen LogP contribution is 2.31. The van der Waals surface area contributed by atoms with Gasteiger partial charge in [0.1, 0.15) is 0 Å². The molecular weight excluding hydrogens is 334 g/mol. The van der Waals surface area contributed by atoms with Crippen LogP contribution in [0.15, 0.2) is 29.9 Å². The van der Waals surface area contributed by atoms with Gasteiger partial charge in [0.15, 0.2) is 11.5 Å². The molecule has 1 aromatic carbocycles. The average molecular weight is 361 g/mol. The van der Waals surface area contributed by atoms with Gasteiger partial charge in [-0.25, -0.2) is 4.79 Å². The number of nitrogens with one attached hydrogen (secondary N) is 1. The second-order valence-corrected chi connectivity index (χ2v) is 5.47. The highest BCUT2D eigenvalue weighted by molar-refractivity contribution is 5.92. The Hall–Kier alpha value is -2.76. The maximum atomic E-state index is 11.9. The van der Waals surface area contributed by atoms with Gasteiger partial charge in [0.2, 0.25) is 5.91 Å². The molecule has 6 heteroatoms. The predicted molar refractivity (Wildman–Crippen MR) is 101 cm³/mol. The summed E-state index contributed by atoms with van der Waals surface area (Å²) in [5, 5.41) is 2.87. The van der Waals surface area contributed by atoms with Crippen molar-refractivity contribution in [3.63, 3.8) is 0 Å². The minimum absolute atomic E-state index is 0.100. The minimum Gasteiger partial charge on any atom is -0.493 e. The topological polar surface area (TPSA) is 73.9 Å². The monoisotopic (exact) mass is 361 g/mol. The van der Waals surface area contributed by atoms with Crippen LogP contribution < -0.4 is 14.8 Å². The van der Waals surface area contributed by atoms with Crippen LogP contribution in [0, 0.1) is 0 Å². The quantitative estimate of drug-likeness (QED) is 0.541. The summed E-state index contributed by atoms with van der Waals surface area (Å²) in [7, 11) is 3.11. The zero-order valence-electron chi connectivity index (χ0n) is 16.0. The van der Waals surface area contributed by atoms with Crippen LogP contribution in [0.5, 0.6) is 11.5 Å². The Balaban J connectivity index is 3.02. The second kappa shape index (κ2) is 11.0. The molecule has 0 aromatic heterocycles. The average Bonchev–Trinajstić information content (AvgIpc) is 2.65. The van der Waals surface area contributed by atoms with Gasteiger partial charge in [-0.15, -0.1) is 0 Å². The van der Waals surface area contributed by atoms with Gasteiger partial charge in [-0.05, 0) is 56.5 Å². The van der Waals surface area contributed by atoms with E-state index >= 15 is 0 Å². The number of esters is 1. The van der Waals surface area contributed by atoms with Crippen molar-refractivity contribution in [2.75, 3.05) is 27.4 Å². The Morgan fingerprint density at radius 2 is 1.81 bits per heavy atom. The largest absolute Gasteiger partial charge is 0.493 e. The molecule has 1 N–H and O–H groups in total. The summed E-state index contributed by atoms with van der Waals surface area (Å²) in [6.45, 7) is 6.11. The number of hydrogen-bond acceptors (Lipinski definition) is 5. The molecule has 142 valence electrons. The summed E-state index contributed by atoms with van der Waals surface area (Å²) in [6, 6.07) is 3.64. The van der Waals surface area contributed by atoms with Crippen LogP contribution in [0.1, 0.15) is 31.9 Å². The van der Waals surface area contributed by atoms with Gasteiger partial charge in [-0.1, -0.05) is 6.08 Å². The summed E-state index contributed by atoms with van der Waals surface area (Å²) in [4.78, 5) is 23.4. The summed E-state index contributed by atoms with van der Waals surface area (Å²) < 4.78 is 15.6. The highest BCUT2D eigenvalue weighted by atomic mass is 16.5. The SMILES string of the molecule is C/C=C(\C)C(=O)NCCc1cc(OC)c(OC)cc1/C=C/C(=O)OCC. The van der Waals surface area contributed by atoms with Crippen molar-refractivity contribution >= 4 is 18.0 Å². The summed E-state index contributed by atoms with van der Waals surface area (Å²) in [5.41, 5.74) is 2.38. The first kappa shape index (κ1) is 21.3. The minimum atomic E-state index is -0.412. The smallest absolute Gasteiger partial charge is 0.330 e. The molecule has 0 saturated carbocycles. The zero-order chi connectivity index (χ0) is 19.5. The number of carbonyl (C=O) groups excluding carboxylic acids is 2. The fourth-order valence-corrected chi connectivity index (χ4v) is 2.24. The van der Waals surface area contributed by atoms with Crippen molar-refractivity contribution < 1.29 is 23.8 Å². The van der Waals surface area contributed by atoms with Gasteiger partial charge in [0.25, 0.3) is 0 Å². The number of allylic oxidation sites excluding steroid dienone is 1. The maximum Gasteiger partial charge on any atom is 0.330 e. The molecule has 0 saturated heterocycles. The molecule has 1 amide bonds. The standard InChI is InChI=1S/C20H27NO5/c1-6-14(3)20(23)21-11-10-16-13-18(25-5)17(24-4)12-15(16)8-9-19(22)26-7-2/h6,8-9,12-13H,7,10-11H2,1-5H3,(H,21,23)/b9-8+,14-6+. The van der Waals surface area contributed by atoms with E-state index in [4.69, 9.17) is 14.2 Å². The molecule has 0 radical (unpaired) electrons. The van der Waals surface area contributed by atoms with E-state index in [1.54, 1.807) is 46.3 Å². The van der Waals surface area contributed by atoms with E-state index in [9.17, 15) is 9.59 Å². The van der Waals surface area contributed by atoms with Crippen molar-refractivity contribution in [1.82, 2.24) is 5.32 Å². The van der Waals surface area contributed by atoms with Gasteiger partial charge in [0.05, 0.1) is 20.8 Å². The third-order valence-electron chi connectivity index (χ3n) is 3.80. The van der Waals surface area contributed by atoms with Crippen LogP contribution in [-0.4, -0.2) is 39.2 Å². The van der Waals surface area contributed by atoms with Crippen LogP contribution in [0.3, 0.4) is 0 Å². The lowest BCUT2D eigenvalue weighted by molar-refractivity contribution is -0.137. The van der Waals surface area contributed by atoms with Crippen LogP contribution >= 0.6 is 0 Å². The molecule has 0 fully saturated rings. The molecule has 26 heavy (non-hydrogen) atoms. The molecule has 6 nitrogen and oxygen atoms in total. The molecule has 0 aliphatic carbocycles.